The van der Waals surface area contributed by atoms with Crippen LogP contribution in [0.1, 0.15) is 28.6 Å². The van der Waals surface area contributed by atoms with E-state index in [9.17, 15) is 4.79 Å². The quantitative estimate of drug-likeness (QED) is 0.548. The fourth-order valence-electron chi connectivity index (χ4n) is 2.53. The fraction of sp³-hybridized carbons (Fsp3) is 0.0952. The van der Waals surface area contributed by atoms with Gasteiger partial charge in [-0.3, -0.25) is 4.79 Å². The number of aromatic nitrogens is 1. The van der Waals surface area contributed by atoms with Crippen LogP contribution < -0.4 is 5.43 Å². The maximum absolute atomic E-state index is 12.5. The lowest BCUT2D eigenvalue weighted by Gasteiger charge is -2.01. The van der Waals surface area contributed by atoms with Gasteiger partial charge >= 0.3 is 0 Å². The molecular formula is C21H19N3O2. The van der Waals surface area contributed by atoms with Crippen LogP contribution >= 0.6 is 0 Å². The van der Waals surface area contributed by atoms with Crippen LogP contribution in [0.25, 0.3) is 17.3 Å². The van der Waals surface area contributed by atoms with E-state index in [0.29, 0.717) is 17.0 Å². The Morgan fingerprint density at radius 2 is 1.73 bits per heavy atom. The zero-order chi connectivity index (χ0) is 18.4. The van der Waals surface area contributed by atoms with Crippen LogP contribution in [0.3, 0.4) is 0 Å². The summed E-state index contributed by atoms with van der Waals surface area (Å²) in [5.74, 6) is 0.0967. The van der Waals surface area contributed by atoms with E-state index in [2.05, 4.69) is 15.7 Å². The van der Waals surface area contributed by atoms with Crippen LogP contribution in [0.15, 0.2) is 75.9 Å². The van der Waals surface area contributed by atoms with E-state index in [1.54, 1.807) is 13.1 Å². The van der Waals surface area contributed by atoms with Gasteiger partial charge in [0.25, 0.3) is 5.91 Å². The minimum absolute atomic E-state index is 0.355. The predicted molar refractivity (Wildman–Crippen MR) is 103 cm³/mol. The van der Waals surface area contributed by atoms with Crippen molar-refractivity contribution in [3.8, 4) is 11.3 Å². The fourth-order valence-corrected chi connectivity index (χ4v) is 2.53. The lowest BCUT2D eigenvalue weighted by Crippen LogP contribution is -2.18. The van der Waals surface area contributed by atoms with Gasteiger partial charge in [-0.1, -0.05) is 71.9 Å². The second kappa shape index (κ2) is 8.07. The van der Waals surface area contributed by atoms with Crippen LogP contribution in [0.5, 0.6) is 0 Å². The van der Waals surface area contributed by atoms with Crippen molar-refractivity contribution in [1.82, 2.24) is 10.6 Å². The van der Waals surface area contributed by atoms with Crippen molar-refractivity contribution in [2.75, 3.05) is 0 Å². The second-order valence-electron chi connectivity index (χ2n) is 5.83. The van der Waals surface area contributed by atoms with Gasteiger partial charge < -0.3 is 4.52 Å². The molecule has 130 valence electrons. The lowest BCUT2D eigenvalue weighted by molar-refractivity contribution is 0.0954. The summed E-state index contributed by atoms with van der Waals surface area (Å²) in [6, 6.07) is 19.3. The number of nitrogens with zero attached hydrogens (tertiary/aromatic N) is 2. The standard InChI is InChI=1S/C21H19N3O2/c1-15(13-17-9-5-3-6-10-17)14-22-23-21(25)19-16(2)26-24-20(19)18-11-7-4-8-12-18/h3-14H,1-2H3,(H,23,25)/b15-13+,22-14+. The Kier molecular flexibility index (Phi) is 5.39. The summed E-state index contributed by atoms with van der Waals surface area (Å²) in [5, 5.41) is 8.04. The molecule has 5 heteroatoms. The van der Waals surface area contributed by atoms with Crippen molar-refractivity contribution in [3.05, 3.63) is 83.1 Å². The topological polar surface area (TPSA) is 67.5 Å². The second-order valence-corrected chi connectivity index (χ2v) is 5.83. The molecule has 3 aromatic rings. The first kappa shape index (κ1) is 17.4. The van der Waals surface area contributed by atoms with Gasteiger partial charge in [0.1, 0.15) is 17.0 Å². The summed E-state index contributed by atoms with van der Waals surface area (Å²) in [6.45, 7) is 3.63. The van der Waals surface area contributed by atoms with Crippen molar-refractivity contribution < 1.29 is 9.32 Å². The number of aryl methyl sites for hydroxylation is 1. The van der Waals surface area contributed by atoms with Gasteiger partial charge in [0.15, 0.2) is 0 Å². The molecule has 0 fully saturated rings. The minimum Gasteiger partial charge on any atom is -0.360 e. The molecule has 0 aliphatic carbocycles. The first-order chi connectivity index (χ1) is 12.6. The van der Waals surface area contributed by atoms with E-state index in [-0.39, 0.29) is 5.91 Å². The molecule has 5 nitrogen and oxygen atoms in total. The number of hydrazone groups is 1. The Morgan fingerprint density at radius 3 is 2.42 bits per heavy atom. The van der Waals surface area contributed by atoms with Crippen LogP contribution in [-0.4, -0.2) is 17.3 Å². The highest BCUT2D eigenvalue weighted by molar-refractivity contribution is 6.01. The van der Waals surface area contributed by atoms with Crippen LogP contribution in [0.2, 0.25) is 0 Å². The summed E-state index contributed by atoms with van der Waals surface area (Å²) in [6.07, 6.45) is 3.59. The van der Waals surface area contributed by atoms with E-state index >= 15 is 0 Å². The van der Waals surface area contributed by atoms with Gasteiger partial charge in [-0.15, -0.1) is 0 Å². The number of hydrogen-bond acceptors (Lipinski definition) is 4. The number of carbonyl (C=O) groups excluding carboxylic acids is 1. The minimum atomic E-state index is -0.355. The van der Waals surface area contributed by atoms with Gasteiger partial charge in [-0.05, 0) is 25.0 Å². The molecule has 1 N–H and O–H groups in total. The van der Waals surface area contributed by atoms with Crippen molar-refractivity contribution >= 4 is 18.2 Å². The Bertz CT molecular complexity index is 942. The molecule has 0 bridgehead atoms. The number of amides is 1. The monoisotopic (exact) mass is 345 g/mol. The molecule has 0 aliphatic heterocycles. The smallest absolute Gasteiger partial charge is 0.277 e. The average molecular weight is 345 g/mol. The first-order valence-corrected chi connectivity index (χ1v) is 8.23. The summed E-state index contributed by atoms with van der Waals surface area (Å²) >= 11 is 0. The van der Waals surface area contributed by atoms with Gasteiger partial charge in [0.2, 0.25) is 0 Å². The Balaban J connectivity index is 1.73. The molecule has 0 saturated heterocycles. The van der Waals surface area contributed by atoms with Crippen molar-refractivity contribution in [2.45, 2.75) is 13.8 Å². The number of carbonyl (C=O) groups is 1. The molecule has 3 rings (SSSR count). The van der Waals surface area contributed by atoms with Crippen LogP contribution in [0, 0.1) is 6.92 Å². The normalized spacial score (nSPS) is 11.7. The third kappa shape index (κ3) is 4.13. The zero-order valence-electron chi connectivity index (χ0n) is 14.6. The van der Waals surface area contributed by atoms with Gasteiger partial charge in [0.05, 0.1) is 6.21 Å². The van der Waals surface area contributed by atoms with E-state index in [0.717, 1.165) is 16.7 Å². The van der Waals surface area contributed by atoms with Crippen LogP contribution in [0.4, 0.5) is 0 Å². The molecule has 0 unspecified atom stereocenters. The summed E-state index contributed by atoms with van der Waals surface area (Å²) in [5.41, 5.74) is 6.25. The van der Waals surface area contributed by atoms with E-state index in [4.69, 9.17) is 4.52 Å². The maximum atomic E-state index is 12.5. The largest absolute Gasteiger partial charge is 0.360 e. The molecule has 0 spiro atoms. The zero-order valence-corrected chi connectivity index (χ0v) is 14.6. The van der Waals surface area contributed by atoms with Gasteiger partial charge in [0, 0.05) is 5.56 Å². The summed E-state index contributed by atoms with van der Waals surface area (Å²) in [7, 11) is 0. The highest BCUT2D eigenvalue weighted by Crippen LogP contribution is 2.24. The van der Waals surface area contributed by atoms with Gasteiger partial charge in [-0.25, -0.2) is 5.43 Å². The van der Waals surface area contributed by atoms with E-state index < -0.39 is 0 Å². The molecule has 1 aromatic heterocycles. The Labute approximate surface area is 152 Å². The molecule has 26 heavy (non-hydrogen) atoms. The Hall–Kier alpha value is -3.47. The van der Waals surface area contributed by atoms with Crippen molar-refractivity contribution in [3.63, 3.8) is 0 Å². The average Bonchev–Trinajstić information content (AvgIpc) is 3.05. The predicted octanol–water partition coefficient (Wildman–Crippen LogP) is 4.47. The number of benzene rings is 2. The van der Waals surface area contributed by atoms with Gasteiger partial charge in [-0.2, -0.15) is 5.10 Å². The summed E-state index contributed by atoms with van der Waals surface area (Å²) in [4.78, 5) is 12.5. The SMILES string of the molecule is CC(/C=N/NC(=O)c1c(-c2ccccc2)noc1C)=C\c1ccccc1. The third-order valence-electron chi connectivity index (χ3n) is 3.77. The summed E-state index contributed by atoms with van der Waals surface area (Å²) < 4.78 is 5.20. The molecule has 0 aliphatic rings. The number of hydrogen-bond donors (Lipinski definition) is 1. The molecule has 0 saturated carbocycles. The maximum Gasteiger partial charge on any atom is 0.277 e. The van der Waals surface area contributed by atoms with E-state index in [1.165, 1.54) is 0 Å². The van der Waals surface area contributed by atoms with Crippen molar-refractivity contribution in [1.29, 1.82) is 0 Å². The molecular weight excluding hydrogens is 326 g/mol. The molecule has 0 atom stereocenters. The van der Waals surface area contributed by atoms with Crippen molar-refractivity contribution in [2.24, 2.45) is 5.10 Å². The number of allylic oxidation sites excluding steroid dienone is 1. The molecule has 1 heterocycles. The molecule has 1 amide bonds. The van der Waals surface area contributed by atoms with E-state index in [1.807, 2.05) is 73.7 Å². The third-order valence-corrected chi connectivity index (χ3v) is 3.77. The molecule has 0 radical (unpaired) electrons. The number of rotatable bonds is 5. The highest BCUT2D eigenvalue weighted by atomic mass is 16.5. The first-order valence-electron chi connectivity index (χ1n) is 8.23. The number of nitrogens with one attached hydrogen (secondary N) is 1. The Morgan fingerprint density at radius 1 is 1.08 bits per heavy atom. The molecule has 2 aromatic carbocycles. The lowest BCUT2D eigenvalue weighted by atomic mass is 10.1. The highest BCUT2D eigenvalue weighted by Gasteiger charge is 2.21. The van der Waals surface area contributed by atoms with Crippen LogP contribution in [-0.2, 0) is 0 Å².